The summed E-state index contributed by atoms with van der Waals surface area (Å²) in [6, 6.07) is 12.9. The third-order valence-corrected chi connectivity index (χ3v) is 4.21. The van der Waals surface area contributed by atoms with Crippen LogP contribution < -0.4 is 25.3 Å². The van der Waals surface area contributed by atoms with Gasteiger partial charge < -0.3 is 24.7 Å². The average molecular weight is 400 g/mol. The molecule has 8 heteroatoms. The molecule has 0 aromatic heterocycles. The zero-order chi connectivity index (χ0) is 20.5. The molecule has 0 amide bonds. The van der Waals surface area contributed by atoms with Crippen molar-refractivity contribution in [1.82, 2.24) is 10.7 Å². The van der Waals surface area contributed by atoms with Gasteiger partial charge in [-0.1, -0.05) is 12.1 Å². The number of benzene rings is 2. The third kappa shape index (κ3) is 6.24. The van der Waals surface area contributed by atoms with Crippen molar-refractivity contribution in [2.75, 3.05) is 14.2 Å². The van der Waals surface area contributed by atoms with E-state index in [1.54, 1.807) is 32.2 Å². The van der Waals surface area contributed by atoms with Crippen molar-refractivity contribution in [1.29, 1.82) is 0 Å². The fourth-order valence-corrected chi connectivity index (χ4v) is 2.58. The Balaban J connectivity index is 1.96. The molecule has 7 nitrogen and oxygen atoms in total. The molecule has 0 fully saturated rings. The second kappa shape index (κ2) is 10.3. The lowest BCUT2D eigenvalue weighted by molar-refractivity contribution is -0.304. The molecule has 0 saturated carbocycles. The lowest BCUT2D eigenvalue weighted by atomic mass is 10.0. The zero-order valence-electron chi connectivity index (χ0n) is 15.9. The number of ether oxygens (including phenoxy) is 2. The number of nitrogens with zero attached hydrogens (tertiary/aromatic N) is 1. The lowest BCUT2D eigenvalue weighted by Gasteiger charge is -2.12. The van der Waals surface area contributed by atoms with Crippen molar-refractivity contribution >= 4 is 29.0 Å². The number of carboxylic acid groups (broad SMARTS) is 1. The molecule has 2 aromatic carbocycles. The Hall–Kier alpha value is -3.13. The standard InChI is InChI=1S/C20H23N3O4S/c1-13(15-6-9-18(27-3)16(10-15)11-19(24)25)22-23-20(28)21-12-14-4-7-17(26-2)8-5-14/h4-10H,11-12H2,1-3H3,(H,24,25)(H2,21,23,28)/p-1/b22-13-. The van der Waals surface area contributed by atoms with Gasteiger partial charge in [0, 0.05) is 24.5 Å². The number of hydrazone groups is 1. The Kier molecular flexibility index (Phi) is 7.76. The van der Waals surface area contributed by atoms with Gasteiger partial charge in [-0.25, -0.2) is 0 Å². The Labute approximate surface area is 169 Å². The Morgan fingerprint density at radius 1 is 1.14 bits per heavy atom. The van der Waals surface area contributed by atoms with Crippen molar-refractivity contribution < 1.29 is 19.4 Å². The fraction of sp³-hybridized carbons (Fsp3) is 0.250. The Morgan fingerprint density at radius 2 is 1.86 bits per heavy atom. The zero-order valence-corrected chi connectivity index (χ0v) is 16.8. The summed E-state index contributed by atoms with van der Waals surface area (Å²) in [6.07, 6.45) is -0.237. The molecule has 148 valence electrons. The summed E-state index contributed by atoms with van der Waals surface area (Å²) in [4.78, 5) is 10.9. The first kappa shape index (κ1) is 21.2. The summed E-state index contributed by atoms with van der Waals surface area (Å²) >= 11 is 5.23. The van der Waals surface area contributed by atoms with Gasteiger partial charge in [0.1, 0.15) is 11.5 Å². The molecule has 2 aromatic rings. The van der Waals surface area contributed by atoms with Crippen molar-refractivity contribution in [2.45, 2.75) is 19.9 Å². The Morgan fingerprint density at radius 3 is 2.46 bits per heavy atom. The molecule has 0 spiro atoms. The van der Waals surface area contributed by atoms with Crippen LogP contribution in [0.1, 0.15) is 23.6 Å². The fourth-order valence-electron chi connectivity index (χ4n) is 2.46. The summed E-state index contributed by atoms with van der Waals surface area (Å²) in [5.74, 6) is 0.111. The van der Waals surface area contributed by atoms with Crippen LogP contribution in [0.2, 0.25) is 0 Å². The molecule has 0 bridgehead atoms. The van der Waals surface area contributed by atoms with E-state index in [9.17, 15) is 9.90 Å². The summed E-state index contributed by atoms with van der Waals surface area (Å²) in [7, 11) is 3.11. The summed E-state index contributed by atoms with van der Waals surface area (Å²) in [6.45, 7) is 2.34. The second-order valence-corrected chi connectivity index (χ2v) is 6.32. The van der Waals surface area contributed by atoms with E-state index in [0.29, 0.717) is 28.7 Å². The molecular weight excluding hydrogens is 378 g/mol. The van der Waals surface area contributed by atoms with Gasteiger partial charge in [0.05, 0.1) is 19.9 Å². The van der Waals surface area contributed by atoms with Gasteiger partial charge >= 0.3 is 0 Å². The van der Waals surface area contributed by atoms with E-state index < -0.39 is 5.97 Å². The number of rotatable bonds is 8. The van der Waals surface area contributed by atoms with Crippen molar-refractivity contribution in [3.8, 4) is 11.5 Å². The molecule has 2 N–H and O–H groups in total. The van der Waals surface area contributed by atoms with Gasteiger partial charge in [0.25, 0.3) is 0 Å². The van der Waals surface area contributed by atoms with Crippen molar-refractivity contribution in [3.63, 3.8) is 0 Å². The van der Waals surface area contributed by atoms with Crippen LogP contribution in [0.4, 0.5) is 0 Å². The first-order valence-corrected chi connectivity index (χ1v) is 8.92. The van der Waals surface area contributed by atoms with E-state index in [0.717, 1.165) is 16.9 Å². The van der Waals surface area contributed by atoms with Gasteiger partial charge in [-0.2, -0.15) is 5.10 Å². The van der Waals surface area contributed by atoms with Crippen LogP contribution in [0, 0.1) is 0 Å². The largest absolute Gasteiger partial charge is 0.550 e. The van der Waals surface area contributed by atoms with E-state index in [1.807, 2.05) is 24.3 Å². The first-order valence-electron chi connectivity index (χ1n) is 8.51. The van der Waals surface area contributed by atoms with Crippen LogP contribution in [0.25, 0.3) is 0 Å². The molecule has 28 heavy (non-hydrogen) atoms. The minimum atomic E-state index is -1.17. The summed E-state index contributed by atoms with van der Waals surface area (Å²) < 4.78 is 10.3. The molecule has 0 heterocycles. The first-order chi connectivity index (χ1) is 13.4. The SMILES string of the molecule is COc1ccc(CNC(=S)N/N=C(/C)c2ccc(OC)c(CC(=O)[O-])c2)cc1. The van der Waals surface area contributed by atoms with Crippen LogP contribution in [0.3, 0.4) is 0 Å². The molecule has 0 aliphatic rings. The number of thiocarbonyl (C=S) groups is 1. The predicted molar refractivity (Wildman–Crippen MR) is 109 cm³/mol. The quantitative estimate of drug-likeness (QED) is 0.393. The highest BCUT2D eigenvalue weighted by molar-refractivity contribution is 7.80. The minimum Gasteiger partial charge on any atom is -0.550 e. The van der Waals surface area contributed by atoms with Crippen LogP contribution in [0.15, 0.2) is 47.6 Å². The van der Waals surface area contributed by atoms with Crippen LogP contribution >= 0.6 is 12.2 Å². The highest BCUT2D eigenvalue weighted by atomic mass is 32.1. The molecule has 0 aliphatic carbocycles. The number of methoxy groups -OCH3 is 2. The van der Waals surface area contributed by atoms with Crippen molar-refractivity contribution in [2.24, 2.45) is 5.10 Å². The van der Waals surface area contributed by atoms with E-state index in [1.165, 1.54) is 7.11 Å². The maximum absolute atomic E-state index is 10.9. The van der Waals surface area contributed by atoms with Crippen LogP contribution in [0.5, 0.6) is 11.5 Å². The number of carbonyl (C=O) groups is 1. The highest BCUT2D eigenvalue weighted by Gasteiger charge is 2.07. The number of hydrogen-bond donors (Lipinski definition) is 2. The van der Waals surface area contributed by atoms with Crippen LogP contribution in [-0.2, 0) is 17.8 Å². The number of carbonyl (C=O) groups excluding carboxylic acids is 1. The second-order valence-electron chi connectivity index (χ2n) is 5.92. The van der Waals surface area contributed by atoms with E-state index >= 15 is 0 Å². The topological polar surface area (TPSA) is 95.0 Å². The number of hydrogen-bond acceptors (Lipinski definition) is 6. The van der Waals surface area contributed by atoms with E-state index in [4.69, 9.17) is 21.7 Å². The number of nitrogens with one attached hydrogen (secondary N) is 2. The van der Waals surface area contributed by atoms with E-state index in [-0.39, 0.29) is 6.42 Å². The highest BCUT2D eigenvalue weighted by Crippen LogP contribution is 2.20. The van der Waals surface area contributed by atoms with Gasteiger partial charge in [0.2, 0.25) is 0 Å². The maximum atomic E-state index is 10.9. The van der Waals surface area contributed by atoms with E-state index in [2.05, 4.69) is 15.8 Å². The molecule has 0 radical (unpaired) electrons. The molecule has 2 rings (SSSR count). The van der Waals surface area contributed by atoms with Gasteiger partial charge in [-0.3, -0.25) is 5.43 Å². The molecule has 0 unspecified atom stereocenters. The minimum absolute atomic E-state index is 0.237. The normalized spacial score (nSPS) is 10.9. The van der Waals surface area contributed by atoms with Gasteiger partial charge in [0.15, 0.2) is 5.11 Å². The smallest absolute Gasteiger partial charge is 0.187 e. The molecule has 0 aliphatic heterocycles. The molecule has 0 atom stereocenters. The van der Waals surface area contributed by atoms with Gasteiger partial charge in [-0.15, -0.1) is 0 Å². The third-order valence-electron chi connectivity index (χ3n) is 3.97. The molecular formula is C20H22N3O4S-. The summed E-state index contributed by atoms with van der Waals surface area (Å²) in [5.41, 5.74) is 5.76. The Bertz CT molecular complexity index is 866. The average Bonchev–Trinajstić information content (AvgIpc) is 2.70. The van der Waals surface area contributed by atoms with Crippen LogP contribution in [-0.4, -0.2) is 31.0 Å². The predicted octanol–water partition coefficient (Wildman–Crippen LogP) is 1.38. The van der Waals surface area contributed by atoms with Gasteiger partial charge in [-0.05, 0) is 60.6 Å². The monoisotopic (exact) mass is 400 g/mol. The van der Waals surface area contributed by atoms with Crippen molar-refractivity contribution in [3.05, 3.63) is 59.2 Å². The maximum Gasteiger partial charge on any atom is 0.187 e. The summed E-state index contributed by atoms with van der Waals surface area (Å²) in [5, 5.41) is 18.6. The lowest BCUT2D eigenvalue weighted by Crippen LogP contribution is -2.32. The number of carboxylic acids is 1. The molecule has 0 saturated heterocycles. The number of aliphatic carboxylic acids is 1.